The lowest BCUT2D eigenvalue weighted by Gasteiger charge is -2.02. The molecule has 1 nitrogen and oxygen atoms in total. The van der Waals surface area contributed by atoms with Crippen LogP contribution in [0.5, 0.6) is 0 Å². The molecule has 0 aromatic carbocycles. The van der Waals surface area contributed by atoms with Gasteiger partial charge in [0.05, 0.1) is 12.9 Å². The van der Waals surface area contributed by atoms with Crippen molar-refractivity contribution in [2.45, 2.75) is 90.9 Å². The largest absolute Gasteiger partial charge is 0.502 e. The van der Waals surface area contributed by atoms with Gasteiger partial charge in [0.1, 0.15) is 0 Å². The fraction of sp³-hybridized carbons (Fsp3) is 0.882. The predicted octanol–water partition coefficient (Wildman–Crippen LogP) is 6.24. The molecule has 0 aliphatic heterocycles. The molecule has 108 valence electrons. The highest BCUT2D eigenvalue weighted by molar-refractivity contribution is 4.72. The third kappa shape index (κ3) is 15.5. The first-order chi connectivity index (χ1) is 8.91. The molecule has 0 aromatic rings. The first-order valence-corrected chi connectivity index (χ1v) is 8.18. The minimum atomic E-state index is 0.901. The van der Waals surface area contributed by atoms with Crippen molar-refractivity contribution in [3.05, 3.63) is 12.3 Å². The molecular weight excluding hydrogens is 220 g/mol. The molecular formula is C17H34O. The zero-order valence-electron chi connectivity index (χ0n) is 12.8. The second-order valence-electron chi connectivity index (χ2n) is 5.21. The molecule has 0 N–H and O–H groups in total. The van der Waals surface area contributed by atoms with Crippen molar-refractivity contribution in [2.75, 3.05) is 6.61 Å². The molecule has 1 heteroatoms. The lowest BCUT2D eigenvalue weighted by Crippen LogP contribution is -1.88. The van der Waals surface area contributed by atoms with E-state index >= 15 is 0 Å². The number of allylic oxidation sites excluding steroid dienone is 1. The van der Waals surface area contributed by atoms with Crippen LogP contribution in [0.1, 0.15) is 90.9 Å². The average Bonchev–Trinajstić information content (AvgIpc) is 2.39. The standard InChI is InChI=1S/C17H34O/c1-3-5-7-9-10-11-12-13-15-17-18-16-14-8-6-4-2/h14,16H,3-13,15,17H2,1-2H3/b16-14+. The van der Waals surface area contributed by atoms with Gasteiger partial charge in [0.2, 0.25) is 0 Å². The maximum Gasteiger partial charge on any atom is 0.0873 e. The first-order valence-electron chi connectivity index (χ1n) is 8.18. The lowest BCUT2D eigenvalue weighted by atomic mass is 10.1. The molecule has 0 saturated heterocycles. The van der Waals surface area contributed by atoms with Crippen molar-refractivity contribution in [3.8, 4) is 0 Å². The van der Waals surface area contributed by atoms with Crippen LogP contribution in [0, 0.1) is 0 Å². The van der Waals surface area contributed by atoms with Gasteiger partial charge in [0.15, 0.2) is 0 Å². The Hall–Kier alpha value is -0.460. The Morgan fingerprint density at radius 3 is 1.83 bits per heavy atom. The van der Waals surface area contributed by atoms with Crippen LogP contribution in [0.15, 0.2) is 12.3 Å². The van der Waals surface area contributed by atoms with Crippen molar-refractivity contribution in [1.29, 1.82) is 0 Å². The van der Waals surface area contributed by atoms with E-state index in [-0.39, 0.29) is 0 Å². The van der Waals surface area contributed by atoms with Gasteiger partial charge >= 0.3 is 0 Å². The number of hydrogen-bond donors (Lipinski definition) is 0. The molecule has 0 bridgehead atoms. The Labute approximate surface area is 115 Å². The van der Waals surface area contributed by atoms with E-state index in [1.807, 2.05) is 6.26 Å². The summed E-state index contributed by atoms with van der Waals surface area (Å²) in [6.07, 6.45) is 20.1. The highest BCUT2D eigenvalue weighted by Gasteiger charge is 1.91. The minimum Gasteiger partial charge on any atom is -0.502 e. The van der Waals surface area contributed by atoms with Crippen LogP contribution in [0.4, 0.5) is 0 Å². The molecule has 0 saturated carbocycles. The minimum absolute atomic E-state index is 0.901. The van der Waals surface area contributed by atoms with Crippen LogP contribution < -0.4 is 0 Å². The predicted molar refractivity (Wildman–Crippen MR) is 81.8 cm³/mol. The number of ether oxygens (including phenoxy) is 1. The van der Waals surface area contributed by atoms with Crippen LogP contribution in [-0.2, 0) is 4.74 Å². The Bertz CT molecular complexity index is 163. The fourth-order valence-corrected chi connectivity index (χ4v) is 2.02. The highest BCUT2D eigenvalue weighted by atomic mass is 16.5. The van der Waals surface area contributed by atoms with E-state index in [0.29, 0.717) is 0 Å². The average molecular weight is 254 g/mol. The second kappa shape index (κ2) is 16.5. The fourth-order valence-electron chi connectivity index (χ4n) is 2.02. The van der Waals surface area contributed by atoms with Gasteiger partial charge in [-0.05, 0) is 25.3 Å². The third-order valence-corrected chi connectivity index (χ3v) is 3.28. The second-order valence-corrected chi connectivity index (χ2v) is 5.21. The summed E-state index contributed by atoms with van der Waals surface area (Å²) >= 11 is 0. The van der Waals surface area contributed by atoms with E-state index in [9.17, 15) is 0 Å². The smallest absolute Gasteiger partial charge is 0.0873 e. The van der Waals surface area contributed by atoms with E-state index in [1.54, 1.807) is 0 Å². The van der Waals surface area contributed by atoms with E-state index in [4.69, 9.17) is 4.74 Å². The normalized spacial score (nSPS) is 11.2. The molecule has 0 fully saturated rings. The quantitative estimate of drug-likeness (QED) is 0.263. The Balaban J connectivity index is 2.96. The summed E-state index contributed by atoms with van der Waals surface area (Å²) in [6, 6.07) is 0. The summed E-state index contributed by atoms with van der Waals surface area (Å²) in [7, 11) is 0. The zero-order valence-corrected chi connectivity index (χ0v) is 12.8. The van der Waals surface area contributed by atoms with Gasteiger partial charge in [-0.1, -0.05) is 71.6 Å². The van der Waals surface area contributed by atoms with E-state index in [0.717, 1.165) is 13.0 Å². The highest BCUT2D eigenvalue weighted by Crippen LogP contribution is 2.09. The number of hydrogen-bond acceptors (Lipinski definition) is 1. The van der Waals surface area contributed by atoms with Crippen molar-refractivity contribution >= 4 is 0 Å². The molecule has 0 heterocycles. The molecule has 0 aromatic heterocycles. The summed E-state index contributed by atoms with van der Waals surface area (Å²) in [5.74, 6) is 0. The van der Waals surface area contributed by atoms with Gasteiger partial charge in [-0.2, -0.15) is 0 Å². The molecule has 0 aliphatic carbocycles. The number of unbranched alkanes of at least 4 members (excludes halogenated alkanes) is 10. The molecule has 0 rings (SSSR count). The SMILES string of the molecule is CCCC/C=C/OCCCCCCCCCCC. The topological polar surface area (TPSA) is 9.23 Å². The molecule has 18 heavy (non-hydrogen) atoms. The summed E-state index contributed by atoms with van der Waals surface area (Å²) in [5, 5.41) is 0. The summed E-state index contributed by atoms with van der Waals surface area (Å²) in [6.45, 7) is 5.39. The molecule has 0 unspecified atom stereocenters. The maximum absolute atomic E-state index is 5.46. The van der Waals surface area contributed by atoms with Crippen LogP contribution in [-0.4, -0.2) is 6.61 Å². The molecule has 0 amide bonds. The maximum atomic E-state index is 5.46. The number of rotatable bonds is 14. The van der Waals surface area contributed by atoms with Crippen molar-refractivity contribution in [3.63, 3.8) is 0 Å². The van der Waals surface area contributed by atoms with Gasteiger partial charge in [-0.3, -0.25) is 0 Å². The Morgan fingerprint density at radius 1 is 0.667 bits per heavy atom. The van der Waals surface area contributed by atoms with Crippen molar-refractivity contribution in [2.24, 2.45) is 0 Å². The van der Waals surface area contributed by atoms with E-state index in [1.165, 1.54) is 70.6 Å². The molecule has 0 radical (unpaired) electrons. The molecule has 0 aliphatic rings. The lowest BCUT2D eigenvalue weighted by molar-refractivity contribution is 0.239. The van der Waals surface area contributed by atoms with Gasteiger partial charge < -0.3 is 4.74 Å². The van der Waals surface area contributed by atoms with Crippen molar-refractivity contribution < 1.29 is 4.74 Å². The monoisotopic (exact) mass is 254 g/mol. The zero-order chi connectivity index (χ0) is 13.3. The van der Waals surface area contributed by atoms with Crippen LogP contribution in [0.2, 0.25) is 0 Å². The Morgan fingerprint density at radius 2 is 1.22 bits per heavy atom. The van der Waals surface area contributed by atoms with Crippen LogP contribution in [0.3, 0.4) is 0 Å². The third-order valence-electron chi connectivity index (χ3n) is 3.28. The van der Waals surface area contributed by atoms with Gasteiger partial charge in [-0.25, -0.2) is 0 Å². The van der Waals surface area contributed by atoms with Crippen molar-refractivity contribution in [1.82, 2.24) is 0 Å². The summed E-state index contributed by atoms with van der Waals surface area (Å²) < 4.78 is 5.46. The van der Waals surface area contributed by atoms with Crippen LogP contribution >= 0.6 is 0 Å². The van der Waals surface area contributed by atoms with Crippen LogP contribution in [0.25, 0.3) is 0 Å². The molecule has 0 atom stereocenters. The van der Waals surface area contributed by atoms with Gasteiger partial charge in [0.25, 0.3) is 0 Å². The summed E-state index contributed by atoms with van der Waals surface area (Å²) in [4.78, 5) is 0. The van der Waals surface area contributed by atoms with Gasteiger partial charge in [-0.15, -0.1) is 0 Å². The van der Waals surface area contributed by atoms with E-state index in [2.05, 4.69) is 19.9 Å². The summed E-state index contributed by atoms with van der Waals surface area (Å²) in [5.41, 5.74) is 0. The molecule has 0 spiro atoms. The van der Waals surface area contributed by atoms with E-state index < -0.39 is 0 Å². The van der Waals surface area contributed by atoms with Gasteiger partial charge in [0, 0.05) is 0 Å². The first kappa shape index (κ1) is 17.5. The Kier molecular flexibility index (Phi) is 16.1.